The smallest absolute Gasteiger partial charge is 0.328 e. The summed E-state index contributed by atoms with van der Waals surface area (Å²) in [6.07, 6.45) is 10.3. The Labute approximate surface area is 221 Å². The number of ether oxygens (including phenoxy) is 1. The van der Waals surface area contributed by atoms with E-state index in [0.29, 0.717) is 40.3 Å². The maximum Gasteiger partial charge on any atom is 0.328 e. The van der Waals surface area contributed by atoms with Crippen LogP contribution in [0.25, 0.3) is 28.1 Å². The Morgan fingerprint density at radius 2 is 1.95 bits per heavy atom. The molecule has 1 fully saturated rings. The summed E-state index contributed by atoms with van der Waals surface area (Å²) in [6.45, 7) is 1.87. The molecule has 1 aliphatic rings. The summed E-state index contributed by atoms with van der Waals surface area (Å²) in [4.78, 5) is 40.3. The van der Waals surface area contributed by atoms with Gasteiger partial charge >= 0.3 is 5.69 Å². The number of carbonyl (C=O) groups excluding carboxylic acids is 1. The largest absolute Gasteiger partial charge is 0.452 e. The van der Waals surface area contributed by atoms with E-state index in [-0.39, 0.29) is 28.7 Å². The maximum atomic E-state index is 15.5. The van der Waals surface area contributed by atoms with Crippen LogP contribution in [0.3, 0.4) is 0 Å². The minimum atomic E-state index is -0.679. The summed E-state index contributed by atoms with van der Waals surface area (Å²) >= 11 is 0. The lowest BCUT2D eigenvalue weighted by Gasteiger charge is -2.14. The molecular weight excluding hydrogens is 503 g/mol. The Morgan fingerprint density at radius 3 is 2.64 bits per heavy atom. The van der Waals surface area contributed by atoms with Gasteiger partial charge in [-0.15, -0.1) is 0 Å². The molecule has 4 aromatic heterocycles. The number of fused-ring (bicyclic) bond motifs is 1. The Morgan fingerprint density at radius 1 is 1.18 bits per heavy atom. The Hall–Kier alpha value is -4.87. The molecule has 6 rings (SSSR count). The van der Waals surface area contributed by atoms with Gasteiger partial charge in [0.2, 0.25) is 0 Å². The molecule has 1 amide bonds. The van der Waals surface area contributed by atoms with Gasteiger partial charge in [0.05, 0.1) is 23.7 Å². The fraction of sp³-hybridized carbons (Fsp3) is 0.259. The van der Waals surface area contributed by atoms with Gasteiger partial charge in [0.1, 0.15) is 23.2 Å². The fourth-order valence-electron chi connectivity index (χ4n) is 5.32. The van der Waals surface area contributed by atoms with Gasteiger partial charge in [-0.2, -0.15) is 5.10 Å². The normalized spacial score (nSPS) is 13.8. The highest BCUT2D eigenvalue weighted by Gasteiger charge is 2.26. The lowest BCUT2D eigenvalue weighted by molar-refractivity contribution is 0.1000. The number of nitrogens with two attached hydrogens (primary N) is 1. The van der Waals surface area contributed by atoms with Crippen molar-refractivity contribution in [3.05, 3.63) is 76.7 Å². The van der Waals surface area contributed by atoms with Gasteiger partial charge in [0, 0.05) is 23.9 Å². The lowest BCUT2D eigenvalue weighted by Crippen LogP contribution is -2.20. The monoisotopic (exact) mass is 528 g/mol. The first-order chi connectivity index (χ1) is 19.0. The summed E-state index contributed by atoms with van der Waals surface area (Å²) in [7, 11) is 0. The van der Waals surface area contributed by atoms with Crippen LogP contribution in [0.15, 0.2) is 54.0 Å². The molecule has 0 atom stereocenters. The lowest BCUT2D eigenvalue weighted by atomic mass is 10.0. The highest BCUT2D eigenvalue weighted by molar-refractivity contribution is 6.00. The van der Waals surface area contributed by atoms with E-state index in [1.165, 1.54) is 24.7 Å². The number of nitrogens with zero attached hydrogens (tertiary/aromatic N) is 6. The fourth-order valence-corrected chi connectivity index (χ4v) is 5.32. The van der Waals surface area contributed by atoms with E-state index in [0.717, 1.165) is 25.7 Å². The van der Waals surface area contributed by atoms with Crippen molar-refractivity contribution < 1.29 is 13.9 Å². The van der Waals surface area contributed by atoms with Crippen molar-refractivity contribution in [2.75, 3.05) is 0 Å². The van der Waals surface area contributed by atoms with E-state index in [4.69, 9.17) is 10.5 Å². The molecule has 1 aliphatic carbocycles. The van der Waals surface area contributed by atoms with Crippen molar-refractivity contribution in [3.63, 3.8) is 0 Å². The van der Waals surface area contributed by atoms with Gasteiger partial charge < -0.3 is 10.5 Å². The quantitative estimate of drug-likeness (QED) is 0.324. The number of nitrogens with one attached hydrogen (secondary N) is 1. The first kappa shape index (κ1) is 24.5. The highest BCUT2D eigenvalue weighted by Crippen LogP contribution is 2.36. The molecule has 1 aromatic carbocycles. The van der Waals surface area contributed by atoms with E-state index in [1.807, 2.05) is 6.92 Å². The van der Waals surface area contributed by atoms with Crippen LogP contribution >= 0.6 is 0 Å². The molecular formula is C27H25FN8O3. The molecule has 0 bridgehead atoms. The molecule has 0 saturated heterocycles. The van der Waals surface area contributed by atoms with Gasteiger partial charge in [-0.05, 0) is 37.5 Å². The van der Waals surface area contributed by atoms with E-state index in [2.05, 4.69) is 25.0 Å². The SMILES string of the molecule is CCc1c(C(N)=O)c(-c2ccc(Oc3ccnc4[nH]c(=O)n(C5CCCC5)c34)c(F)c2)nn1-c1cncnc1. The Bertz CT molecular complexity index is 1750. The molecule has 1 saturated carbocycles. The number of imidazole rings is 1. The number of halogens is 1. The maximum absolute atomic E-state index is 15.5. The zero-order chi connectivity index (χ0) is 27.1. The second-order valence-corrected chi connectivity index (χ2v) is 9.39. The second-order valence-electron chi connectivity index (χ2n) is 9.39. The molecule has 4 heterocycles. The average molecular weight is 529 g/mol. The van der Waals surface area contributed by atoms with Crippen LogP contribution < -0.4 is 16.2 Å². The second kappa shape index (κ2) is 9.78. The zero-order valence-electron chi connectivity index (χ0n) is 21.1. The van der Waals surface area contributed by atoms with E-state index in [9.17, 15) is 9.59 Å². The predicted octanol–water partition coefficient (Wildman–Crippen LogP) is 4.08. The molecule has 0 spiro atoms. The van der Waals surface area contributed by atoms with E-state index in [1.54, 1.807) is 33.8 Å². The van der Waals surface area contributed by atoms with Crippen LogP contribution in [-0.2, 0) is 6.42 Å². The highest BCUT2D eigenvalue weighted by atomic mass is 19.1. The molecule has 0 aliphatic heterocycles. The van der Waals surface area contributed by atoms with Crippen LogP contribution in [0.1, 0.15) is 54.7 Å². The number of primary amides is 1. The van der Waals surface area contributed by atoms with Gasteiger partial charge in [-0.1, -0.05) is 19.8 Å². The third-order valence-electron chi connectivity index (χ3n) is 7.04. The molecule has 39 heavy (non-hydrogen) atoms. The molecule has 5 aromatic rings. The first-order valence-electron chi connectivity index (χ1n) is 12.7. The number of benzene rings is 1. The van der Waals surface area contributed by atoms with Crippen LogP contribution in [-0.4, -0.2) is 40.2 Å². The van der Waals surface area contributed by atoms with Gasteiger partial charge in [-0.3, -0.25) is 14.3 Å². The van der Waals surface area contributed by atoms with Crippen LogP contribution in [0.2, 0.25) is 0 Å². The number of aromatic amines is 1. The predicted molar refractivity (Wildman–Crippen MR) is 140 cm³/mol. The van der Waals surface area contributed by atoms with Crippen molar-refractivity contribution in [2.45, 2.75) is 45.1 Å². The molecule has 11 nitrogen and oxygen atoms in total. The third-order valence-corrected chi connectivity index (χ3v) is 7.04. The summed E-state index contributed by atoms with van der Waals surface area (Å²) in [6, 6.07) is 5.96. The minimum absolute atomic E-state index is 0.0372. The standard InChI is InChI=1S/C27H25FN8O3/c1-2-19-22(25(29)37)23(34-36(19)17-12-30-14-31-13-17)15-7-8-20(18(28)11-15)39-21-9-10-32-26-24(21)35(27(38)33-26)16-5-3-4-6-16/h7-14,16H,2-6H2,1H3,(H2,29,37)(H,32,33,38). The van der Waals surface area contributed by atoms with E-state index < -0.39 is 11.7 Å². The molecule has 198 valence electrons. The Balaban J connectivity index is 1.41. The van der Waals surface area contributed by atoms with Crippen molar-refractivity contribution in [2.24, 2.45) is 5.73 Å². The number of hydrogen-bond acceptors (Lipinski definition) is 7. The topological polar surface area (TPSA) is 147 Å². The van der Waals surface area contributed by atoms with Gasteiger partial charge in [-0.25, -0.2) is 28.8 Å². The van der Waals surface area contributed by atoms with Crippen molar-refractivity contribution in [1.82, 2.24) is 34.3 Å². The number of pyridine rings is 1. The van der Waals surface area contributed by atoms with Crippen LogP contribution in [0.5, 0.6) is 11.5 Å². The number of amides is 1. The van der Waals surface area contributed by atoms with Gasteiger partial charge in [0.15, 0.2) is 23.0 Å². The molecule has 12 heteroatoms. The summed E-state index contributed by atoms with van der Waals surface area (Å²) < 4.78 is 24.7. The zero-order valence-corrected chi connectivity index (χ0v) is 21.1. The average Bonchev–Trinajstić information content (AvgIpc) is 3.67. The van der Waals surface area contributed by atoms with Crippen molar-refractivity contribution >= 4 is 17.1 Å². The number of hydrogen-bond donors (Lipinski definition) is 2. The third kappa shape index (κ3) is 4.23. The summed E-state index contributed by atoms with van der Waals surface area (Å²) in [5, 5.41) is 4.57. The van der Waals surface area contributed by atoms with Crippen LogP contribution in [0.4, 0.5) is 4.39 Å². The minimum Gasteiger partial charge on any atom is -0.452 e. The number of aromatic nitrogens is 7. The summed E-state index contributed by atoms with van der Waals surface area (Å²) in [5.74, 6) is -1.09. The Kier molecular flexibility index (Phi) is 6.14. The number of rotatable bonds is 7. The first-order valence-corrected chi connectivity index (χ1v) is 12.7. The molecule has 3 N–H and O–H groups in total. The number of carbonyl (C=O) groups is 1. The molecule has 0 unspecified atom stereocenters. The van der Waals surface area contributed by atoms with E-state index >= 15 is 4.39 Å². The van der Waals surface area contributed by atoms with Crippen molar-refractivity contribution in [3.8, 4) is 28.4 Å². The summed E-state index contributed by atoms with van der Waals surface area (Å²) in [5.41, 5.74) is 8.24. The van der Waals surface area contributed by atoms with Gasteiger partial charge in [0.25, 0.3) is 5.91 Å². The van der Waals surface area contributed by atoms with Crippen LogP contribution in [0, 0.1) is 5.82 Å². The van der Waals surface area contributed by atoms with Crippen molar-refractivity contribution in [1.29, 1.82) is 0 Å². The number of H-pyrrole nitrogens is 1. The molecule has 0 radical (unpaired) electrons.